The van der Waals surface area contributed by atoms with Gasteiger partial charge in [-0.3, -0.25) is 9.59 Å². The van der Waals surface area contributed by atoms with Gasteiger partial charge in [0.15, 0.2) is 0 Å². The monoisotopic (exact) mass is 396 g/mol. The lowest BCUT2D eigenvalue weighted by Crippen LogP contribution is -2.73. The van der Waals surface area contributed by atoms with Gasteiger partial charge in [-0.1, -0.05) is 36.8 Å². The third-order valence-corrected chi connectivity index (χ3v) is 6.44. The Labute approximate surface area is 171 Å². The molecule has 2 heterocycles. The van der Waals surface area contributed by atoms with Crippen molar-refractivity contribution in [2.45, 2.75) is 43.7 Å². The quantitative estimate of drug-likeness (QED) is 0.781. The van der Waals surface area contributed by atoms with Gasteiger partial charge in [0, 0.05) is 31.1 Å². The number of ether oxygens (including phenoxy) is 1. The van der Waals surface area contributed by atoms with Crippen molar-refractivity contribution in [2.24, 2.45) is 5.92 Å². The number of piperazine rings is 1. The highest BCUT2D eigenvalue weighted by atomic mass is 16.5. The lowest BCUT2D eigenvalue weighted by atomic mass is 9.73. The molecule has 0 radical (unpaired) electrons. The first-order chi connectivity index (χ1) is 14.1. The highest BCUT2D eigenvalue weighted by molar-refractivity contribution is 5.88. The number of carbonyl (C=O) groups is 2. The van der Waals surface area contributed by atoms with Gasteiger partial charge in [-0.05, 0) is 30.5 Å². The van der Waals surface area contributed by atoms with Crippen LogP contribution in [-0.2, 0) is 14.3 Å². The zero-order chi connectivity index (χ0) is 20.4. The van der Waals surface area contributed by atoms with E-state index in [2.05, 4.69) is 11.8 Å². The molecule has 1 aromatic rings. The molecule has 3 atom stereocenters. The lowest BCUT2D eigenvalue weighted by Gasteiger charge is -2.58. The molecule has 0 aromatic heterocycles. The van der Waals surface area contributed by atoms with Crippen molar-refractivity contribution in [1.82, 2.24) is 9.80 Å². The van der Waals surface area contributed by atoms with Crippen molar-refractivity contribution in [3.8, 4) is 11.8 Å². The van der Waals surface area contributed by atoms with Crippen LogP contribution >= 0.6 is 0 Å². The fourth-order valence-corrected chi connectivity index (χ4v) is 4.95. The molecule has 2 amide bonds. The highest BCUT2D eigenvalue weighted by Gasteiger charge is 2.54. The molecular weight excluding hydrogens is 368 g/mol. The van der Waals surface area contributed by atoms with Crippen molar-refractivity contribution in [3.05, 3.63) is 35.4 Å². The molecule has 2 saturated heterocycles. The largest absolute Gasteiger partial charge is 0.394 e. The Bertz CT molecular complexity index is 820. The molecule has 1 aromatic carbocycles. The maximum atomic E-state index is 12.5. The van der Waals surface area contributed by atoms with E-state index in [9.17, 15) is 14.7 Å². The van der Waals surface area contributed by atoms with Crippen molar-refractivity contribution >= 4 is 11.8 Å². The Morgan fingerprint density at radius 2 is 1.97 bits per heavy atom. The molecule has 1 N–H and O–H groups in total. The van der Waals surface area contributed by atoms with Crippen LogP contribution < -0.4 is 0 Å². The zero-order valence-electron chi connectivity index (χ0n) is 16.8. The van der Waals surface area contributed by atoms with Gasteiger partial charge in [-0.2, -0.15) is 0 Å². The van der Waals surface area contributed by atoms with Gasteiger partial charge < -0.3 is 19.6 Å². The van der Waals surface area contributed by atoms with Gasteiger partial charge >= 0.3 is 0 Å². The Balaban J connectivity index is 1.49. The smallest absolute Gasteiger partial charge is 0.249 e. The lowest BCUT2D eigenvalue weighted by molar-refractivity contribution is -0.168. The van der Waals surface area contributed by atoms with Crippen molar-refractivity contribution in [3.63, 3.8) is 0 Å². The van der Waals surface area contributed by atoms with Crippen LogP contribution in [0.4, 0.5) is 0 Å². The third-order valence-electron chi connectivity index (χ3n) is 6.44. The number of nitrogens with zero attached hydrogens (tertiary/aromatic N) is 2. The molecule has 2 aliphatic heterocycles. The molecule has 3 aliphatic rings. The fourth-order valence-electron chi connectivity index (χ4n) is 4.95. The van der Waals surface area contributed by atoms with Crippen molar-refractivity contribution < 1.29 is 19.4 Å². The van der Waals surface area contributed by atoms with Crippen LogP contribution in [0.1, 0.15) is 42.7 Å². The predicted molar refractivity (Wildman–Crippen MR) is 108 cm³/mol. The zero-order valence-corrected chi connectivity index (χ0v) is 16.8. The summed E-state index contributed by atoms with van der Waals surface area (Å²) in [7, 11) is 1.47. The predicted octanol–water partition coefficient (Wildman–Crippen LogP) is 1.37. The van der Waals surface area contributed by atoms with E-state index in [1.165, 1.54) is 32.8 Å². The minimum absolute atomic E-state index is 0.0129. The van der Waals surface area contributed by atoms with E-state index < -0.39 is 0 Å². The van der Waals surface area contributed by atoms with Crippen molar-refractivity contribution in [2.75, 3.05) is 33.4 Å². The van der Waals surface area contributed by atoms with Crippen LogP contribution in [0.3, 0.4) is 0 Å². The Morgan fingerprint density at radius 3 is 2.62 bits per heavy atom. The topological polar surface area (TPSA) is 70.1 Å². The first-order valence-corrected chi connectivity index (χ1v) is 10.4. The van der Waals surface area contributed by atoms with Gasteiger partial charge in [0.2, 0.25) is 11.8 Å². The third kappa shape index (κ3) is 3.90. The molecule has 4 rings (SSSR count). The average molecular weight is 396 g/mol. The normalized spacial score (nSPS) is 26.6. The summed E-state index contributed by atoms with van der Waals surface area (Å²) in [4.78, 5) is 28.1. The molecular formula is C23H28N2O4. The summed E-state index contributed by atoms with van der Waals surface area (Å²) in [6.45, 7) is 0.417. The summed E-state index contributed by atoms with van der Waals surface area (Å²) in [6.07, 6.45) is 4.97. The minimum atomic E-state index is -0.234. The Hall–Kier alpha value is -2.36. The maximum Gasteiger partial charge on any atom is 0.249 e. The van der Waals surface area contributed by atoms with Crippen LogP contribution in [0, 0.1) is 17.8 Å². The molecule has 6 heteroatoms. The highest BCUT2D eigenvalue weighted by Crippen LogP contribution is 2.42. The summed E-state index contributed by atoms with van der Waals surface area (Å²) in [5, 5.41) is 9.88. The number of hydrogen-bond donors (Lipinski definition) is 1. The first-order valence-electron chi connectivity index (χ1n) is 10.4. The summed E-state index contributed by atoms with van der Waals surface area (Å²) in [5.74, 6) is 6.91. The number of hydrogen-bond acceptors (Lipinski definition) is 4. The van der Waals surface area contributed by atoms with Crippen LogP contribution in [0.2, 0.25) is 0 Å². The Morgan fingerprint density at radius 1 is 1.24 bits per heavy atom. The van der Waals surface area contributed by atoms with Gasteiger partial charge in [0.05, 0.1) is 25.2 Å². The molecule has 29 heavy (non-hydrogen) atoms. The SMILES string of the molecule is COCC(=O)N1CC(=O)N2[C@H](C1)[C@H](c1ccc(C#CC3CCCC3)cc1)[C@@H]2CO. The number of amides is 2. The molecule has 154 valence electrons. The van der Waals surface area contributed by atoms with Gasteiger partial charge in [-0.15, -0.1) is 0 Å². The second-order valence-electron chi connectivity index (χ2n) is 8.22. The standard InChI is InChI=1S/C23H28N2O4/c1-29-15-22(28)24-12-19-23(20(14-26)25(19)21(27)13-24)18-10-8-17(9-11-18)7-6-16-4-2-3-5-16/h8-11,16,19-20,23,26H,2-5,12-15H2,1H3/t19-,20+,23+/m1/s1. The summed E-state index contributed by atoms with van der Waals surface area (Å²) in [6, 6.07) is 7.79. The number of rotatable bonds is 4. The molecule has 1 saturated carbocycles. The fraction of sp³-hybridized carbons (Fsp3) is 0.565. The van der Waals surface area contributed by atoms with Crippen LogP contribution in [0.25, 0.3) is 0 Å². The van der Waals surface area contributed by atoms with Gasteiger partial charge in [-0.25, -0.2) is 0 Å². The average Bonchev–Trinajstić information content (AvgIpc) is 3.22. The van der Waals surface area contributed by atoms with Crippen LogP contribution in [0.15, 0.2) is 24.3 Å². The number of aliphatic hydroxyl groups is 1. The van der Waals surface area contributed by atoms with Gasteiger partial charge in [0.25, 0.3) is 0 Å². The molecule has 0 spiro atoms. The minimum Gasteiger partial charge on any atom is -0.394 e. The maximum absolute atomic E-state index is 12.5. The molecule has 0 unspecified atom stereocenters. The molecule has 0 bridgehead atoms. The number of methoxy groups -OCH3 is 1. The van der Waals surface area contributed by atoms with E-state index in [4.69, 9.17) is 4.74 Å². The van der Waals surface area contributed by atoms with E-state index in [1.807, 2.05) is 24.3 Å². The second kappa shape index (κ2) is 8.56. The van der Waals surface area contributed by atoms with Crippen molar-refractivity contribution in [1.29, 1.82) is 0 Å². The van der Waals surface area contributed by atoms with E-state index >= 15 is 0 Å². The second-order valence-corrected chi connectivity index (χ2v) is 8.22. The van der Waals surface area contributed by atoms with E-state index in [1.54, 1.807) is 9.80 Å². The van der Waals surface area contributed by atoms with E-state index in [-0.39, 0.29) is 49.6 Å². The van der Waals surface area contributed by atoms with Crippen LogP contribution in [-0.4, -0.2) is 72.2 Å². The Kier molecular flexibility index (Phi) is 5.89. The molecule has 3 fully saturated rings. The number of fused-ring (bicyclic) bond motifs is 1. The van der Waals surface area contributed by atoms with E-state index in [0.29, 0.717) is 12.5 Å². The summed E-state index contributed by atoms with van der Waals surface area (Å²) in [5.41, 5.74) is 2.07. The molecule has 6 nitrogen and oxygen atoms in total. The molecule has 1 aliphatic carbocycles. The summed E-state index contributed by atoms with van der Waals surface area (Å²) < 4.78 is 4.93. The van der Waals surface area contributed by atoms with Gasteiger partial charge in [0.1, 0.15) is 6.61 Å². The van der Waals surface area contributed by atoms with Crippen LogP contribution in [0.5, 0.6) is 0 Å². The number of carbonyl (C=O) groups excluding carboxylic acids is 2. The summed E-state index contributed by atoms with van der Waals surface area (Å²) >= 11 is 0. The van der Waals surface area contributed by atoms with E-state index in [0.717, 1.165) is 11.1 Å². The number of aliphatic hydroxyl groups excluding tert-OH is 1. The first kappa shape index (κ1) is 19.9. The number of benzene rings is 1.